The van der Waals surface area contributed by atoms with Gasteiger partial charge in [-0.3, -0.25) is 4.79 Å². The molecule has 0 saturated carbocycles. The Hall–Kier alpha value is -1.87. The fourth-order valence-electron chi connectivity index (χ4n) is 2.81. The molecule has 0 aromatic carbocycles. The van der Waals surface area contributed by atoms with Crippen LogP contribution in [0.25, 0.3) is 0 Å². The molecule has 23 heavy (non-hydrogen) atoms. The van der Waals surface area contributed by atoms with Crippen LogP contribution in [0.15, 0.2) is 5.38 Å². The van der Waals surface area contributed by atoms with E-state index in [0.29, 0.717) is 38.2 Å². The zero-order valence-corrected chi connectivity index (χ0v) is 13.8. The van der Waals surface area contributed by atoms with Crippen LogP contribution in [0, 0.1) is 6.92 Å². The number of nitrogens with one attached hydrogen (secondary N) is 1. The highest BCUT2D eigenvalue weighted by Gasteiger charge is 2.38. The number of amides is 1. The number of thiazole rings is 1. The molecule has 1 aliphatic heterocycles. The molecule has 0 unspecified atom stereocenters. The van der Waals surface area contributed by atoms with Crippen LogP contribution in [0.5, 0.6) is 0 Å². The zero-order chi connectivity index (χ0) is 16.3. The molecule has 9 heteroatoms. The van der Waals surface area contributed by atoms with Gasteiger partial charge in [-0.15, -0.1) is 21.5 Å². The molecule has 0 radical (unpaired) electrons. The first-order valence-corrected chi connectivity index (χ1v) is 8.60. The number of aryl methyl sites for hydroxylation is 2. The number of tetrazole rings is 1. The number of hydrogen-bond donors (Lipinski definition) is 2. The Morgan fingerprint density at radius 1 is 1.48 bits per heavy atom. The van der Waals surface area contributed by atoms with Crippen LogP contribution in [-0.2, 0) is 16.8 Å². The first-order valence-electron chi connectivity index (χ1n) is 7.72. The lowest BCUT2D eigenvalue weighted by molar-refractivity contribution is -0.136. The number of carbonyl (C=O) groups excluding carboxylic acids is 1. The van der Waals surface area contributed by atoms with Crippen molar-refractivity contribution in [1.82, 2.24) is 30.5 Å². The van der Waals surface area contributed by atoms with E-state index in [0.717, 1.165) is 23.5 Å². The summed E-state index contributed by atoms with van der Waals surface area (Å²) < 4.78 is 0. The smallest absolute Gasteiger partial charge is 0.222 e. The SMILES string of the molecule is Cc1nc(CCCC(=O)N2CCC(O)(c3nn[nH]n3)CC2)cs1. The Morgan fingerprint density at radius 3 is 2.87 bits per heavy atom. The van der Waals surface area contributed by atoms with Crippen LogP contribution in [0.2, 0.25) is 0 Å². The minimum Gasteiger partial charge on any atom is -0.382 e. The molecule has 0 spiro atoms. The first-order chi connectivity index (χ1) is 11.1. The molecule has 2 N–H and O–H groups in total. The number of hydrogen-bond acceptors (Lipinski definition) is 7. The third-order valence-corrected chi connectivity index (χ3v) is 5.02. The van der Waals surface area contributed by atoms with Crippen molar-refractivity contribution in [2.75, 3.05) is 13.1 Å². The van der Waals surface area contributed by atoms with Crippen LogP contribution in [0.4, 0.5) is 0 Å². The molecule has 1 saturated heterocycles. The summed E-state index contributed by atoms with van der Waals surface area (Å²) in [6.07, 6.45) is 3.01. The third kappa shape index (κ3) is 3.73. The van der Waals surface area contributed by atoms with Gasteiger partial charge >= 0.3 is 0 Å². The van der Waals surface area contributed by atoms with Crippen molar-refractivity contribution in [3.63, 3.8) is 0 Å². The van der Waals surface area contributed by atoms with Crippen molar-refractivity contribution >= 4 is 17.2 Å². The van der Waals surface area contributed by atoms with E-state index in [9.17, 15) is 9.90 Å². The van der Waals surface area contributed by atoms with Crippen molar-refractivity contribution in [3.05, 3.63) is 21.9 Å². The summed E-state index contributed by atoms with van der Waals surface area (Å²) in [5.41, 5.74) is -0.0209. The number of likely N-dealkylation sites (tertiary alicyclic amines) is 1. The quantitative estimate of drug-likeness (QED) is 0.836. The molecule has 1 amide bonds. The van der Waals surface area contributed by atoms with Gasteiger partial charge in [0.1, 0.15) is 5.60 Å². The second kappa shape index (κ2) is 6.71. The maximum atomic E-state index is 12.3. The molecule has 8 nitrogen and oxygen atoms in total. The van der Waals surface area contributed by atoms with E-state index in [1.807, 2.05) is 12.3 Å². The van der Waals surface area contributed by atoms with Crippen molar-refractivity contribution in [2.45, 2.75) is 44.6 Å². The Bertz CT molecular complexity index is 648. The normalized spacial score (nSPS) is 17.4. The number of nitrogens with zero attached hydrogens (tertiary/aromatic N) is 5. The highest BCUT2D eigenvalue weighted by atomic mass is 32.1. The largest absolute Gasteiger partial charge is 0.382 e. The average Bonchev–Trinajstić information content (AvgIpc) is 3.20. The van der Waals surface area contributed by atoms with E-state index < -0.39 is 5.60 Å². The second-order valence-electron chi connectivity index (χ2n) is 5.86. The van der Waals surface area contributed by atoms with Gasteiger partial charge in [0.25, 0.3) is 0 Å². The Balaban J connectivity index is 1.45. The third-order valence-electron chi connectivity index (χ3n) is 4.20. The van der Waals surface area contributed by atoms with E-state index in [-0.39, 0.29) is 5.91 Å². The summed E-state index contributed by atoms with van der Waals surface area (Å²) in [5.74, 6) is 0.440. The van der Waals surface area contributed by atoms with Crippen molar-refractivity contribution in [3.8, 4) is 0 Å². The summed E-state index contributed by atoms with van der Waals surface area (Å²) in [6.45, 7) is 3.01. The summed E-state index contributed by atoms with van der Waals surface area (Å²) in [4.78, 5) is 18.5. The average molecular weight is 336 g/mol. The second-order valence-corrected chi connectivity index (χ2v) is 6.92. The molecule has 0 aliphatic carbocycles. The number of H-pyrrole nitrogens is 1. The van der Waals surface area contributed by atoms with E-state index in [1.54, 1.807) is 16.2 Å². The van der Waals surface area contributed by atoms with Crippen LogP contribution < -0.4 is 0 Å². The monoisotopic (exact) mass is 336 g/mol. The summed E-state index contributed by atoms with van der Waals surface area (Å²) in [5, 5.41) is 27.2. The molecule has 1 aliphatic rings. The summed E-state index contributed by atoms with van der Waals surface area (Å²) >= 11 is 1.64. The number of rotatable bonds is 5. The molecule has 2 aromatic rings. The highest BCUT2D eigenvalue weighted by Crippen LogP contribution is 2.30. The number of piperidine rings is 1. The van der Waals surface area contributed by atoms with Crippen LogP contribution in [-0.4, -0.2) is 54.6 Å². The lowest BCUT2D eigenvalue weighted by Crippen LogP contribution is -2.45. The van der Waals surface area contributed by atoms with Crippen molar-refractivity contribution < 1.29 is 9.90 Å². The van der Waals surface area contributed by atoms with Crippen LogP contribution in [0.1, 0.15) is 42.2 Å². The van der Waals surface area contributed by atoms with Crippen LogP contribution >= 0.6 is 11.3 Å². The minimum atomic E-state index is -1.08. The van der Waals surface area contributed by atoms with E-state index in [1.165, 1.54) is 0 Å². The van der Waals surface area contributed by atoms with Gasteiger partial charge in [-0.05, 0) is 19.8 Å². The Labute approximate surface area is 137 Å². The number of aromatic nitrogens is 5. The number of carbonyl (C=O) groups is 1. The van der Waals surface area contributed by atoms with Gasteiger partial charge in [0.05, 0.1) is 10.7 Å². The van der Waals surface area contributed by atoms with E-state index >= 15 is 0 Å². The molecular formula is C14H20N6O2S. The molecule has 2 aromatic heterocycles. The van der Waals surface area contributed by atoms with Crippen molar-refractivity contribution in [2.24, 2.45) is 0 Å². The molecule has 124 valence electrons. The maximum absolute atomic E-state index is 12.3. The molecule has 3 heterocycles. The van der Waals surface area contributed by atoms with Crippen molar-refractivity contribution in [1.29, 1.82) is 0 Å². The fraction of sp³-hybridized carbons (Fsp3) is 0.643. The fourth-order valence-corrected chi connectivity index (χ4v) is 3.46. The van der Waals surface area contributed by atoms with Gasteiger partial charge in [-0.25, -0.2) is 4.98 Å². The van der Waals surface area contributed by atoms with Gasteiger partial charge in [-0.1, -0.05) is 5.21 Å². The predicted molar refractivity (Wildman–Crippen MR) is 83.7 cm³/mol. The van der Waals surface area contributed by atoms with Crippen LogP contribution in [0.3, 0.4) is 0 Å². The first kappa shape index (κ1) is 16.0. The van der Waals surface area contributed by atoms with E-state index in [4.69, 9.17) is 0 Å². The standard InChI is InChI=1S/C14H20N6O2S/c1-10-15-11(9-23-10)3-2-4-12(21)20-7-5-14(22,6-8-20)13-16-18-19-17-13/h9,22H,2-8H2,1H3,(H,16,17,18,19). The highest BCUT2D eigenvalue weighted by molar-refractivity contribution is 7.09. The predicted octanol–water partition coefficient (Wildman–Crippen LogP) is 0.798. The maximum Gasteiger partial charge on any atom is 0.222 e. The van der Waals surface area contributed by atoms with Gasteiger partial charge in [-0.2, -0.15) is 5.21 Å². The van der Waals surface area contributed by atoms with Gasteiger partial charge in [0, 0.05) is 37.7 Å². The Kier molecular flexibility index (Phi) is 4.67. The van der Waals surface area contributed by atoms with Gasteiger partial charge in [0.15, 0.2) is 0 Å². The number of aromatic amines is 1. The molecule has 0 bridgehead atoms. The lowest BCUT2D eigenvalue weighted by atomic mass is 9.90. The molecule has 1 fully saturated rings. The summed E-state index contributed by atoms with van der Waals surface area (Å²) in [6, 6.07) is 0. The summed E-state index contributed by atoms with van der Waals surface area (Å²) in [7, 11) is 0. The van der Waals surface area contributed by atoms with E-state index in [2.05, 4.69) is 25.6 Å². The minimum absolute atomic E-state index is 0.132. The zero-order valence-electron chi connectivity index (χ0n) is 13.0. The lowest BCUT2D eigenvalue weighted by Gasteiger charge is -2.36. The topological polar surface area (TPSA) is 108 Å². The molecule has 0 atom stereocenters. The van der Waals surface area contributed by atoms with Gasteiger partial charge in [0.2, 0.25) is 11.7 Å². The van der Waals surface area contributed by atoms with Gasteiger partial charge < -0.3 is 10.0 Å². The Morgan fingerprint density at radius 2 is 2.26 bits per heavy atom. The molecule has 3 rings (SSSR count). The molecular weight excluding hydrogens is 316 g/mol. The number of aliphatic hydroxyl groups is 1.